The lowest BCUT2D eigenvalue weighted by Gasteiger charge is -2.23. The number of nitrogens with zero attached hydrogens (tertiary/aromatic N) is 2. The zero-order chi connectivity index (χ0) is 13.9. The highest BCUT2D eigenvalue weighted by atomic mass is 32.1. The Balaban J connectivity index is 1.96. The number of hydrogen-bond donors (Lipinski definition) is 1. The van der Waals surface area contributed by atoms with Crippen molar-refractivity contribution in [1.82, 2.24) is 9.97 Å². The van der Waals surface area contributed by atoms with E-state index in [-0.39, 0.29) is 6.04 Å². The van der Waals surface area contributed by atoms with Gasteiger partial charge in [0.25, 0.3) is 0 Å². The fourth-order valence-electron chi connectivity index (χ4n) is 2.33. The molecule has 0 aliphatic rings. The highest BCUT2D eigenvalue weighted by molar-refractivity contribution is 7.17. The second-order valence-electron chi connectivity index (χ2n) is 5.13. The van der Waals surface area contributed by atoms with Crippen LogP contribution in [0.4, 0.5) is 5.82 Å². The van der Waals surface area contributed by atoms with E-state index in [4.69, 9.17) is 0 Å². The van der Waals surface area contributed by atoms with Crippen molar-refractivity contribution < 1.29 is 0 Å². The molecule has 0 saturated carbocycles. The van der Waals surface area contributed by atoms with Gasteiger partial charge in [-0.15, -0.1) is 11.3 Å². The normalized spacial score (nSPS) is 12.8. The molecule has 0 radical (unpaired) electrons. The quantitative estimate of drug-likeness (QED) is 0.766. The van der Waals surface area contributed by atoms with Crippen LogP contribution in [-0.2, 0) is 0 Å². The first-order valence-electron chi connectivity index (χ1n) is 6.75. The van der Waals surface area contributed by atoms with Crippen molar-refractivity contribution >= 4 is 27.4 Å². The van der Waals surface area contributed by atoms with Crippen molar-refractivity contribution in [2.24, 2.45) is 5.92 Å². The third kappa shape index (κ3) is 2.51. The van der Waals surface area contributed by atoms with E-state index in [9.17, 15) is 0 Å². The number of benzene rings is 1. The predicted octanol–water partition coefficient (Wildman–Crippen LogP) is 4.50. The van der Waals surface area contributed by atoms with Crippen LogP contribution in [-0.4, -0.2) is 9.97 Å². The van der Waals surface area contributed by atoms with Crippen LogP contribution in [0.3, 0.4) is 0 Å². The van der Waals surface area contributed by atoms with Gasteiger partial charge in [0.05, 0.1) is 16.3 Å². The number of fused-ring (bicyclic) bond motifs is 1. The van der Waals surface area contributed by atoms with E-state index in [1.807, 2.05) is 12.1 Å². The van der Waals surface area contributed by atoms with Gasteiger partial charge in [-0.25, -0.2) is 9.97 Å². The van der Waals surface area contributed by atoms with Crippen molar-refractivity contribution in [2.75, 3.05) is 5.32 Å². The van der Waals surface area contributed by atoms with Crippen molar-refractivity contribution in [2.45, 2.75) is 19.9 Å². The third-order valence-electron chi connectivity index (χ3n) is 3.36. The molecule has 0 amide bonds. The van der Waals surface area contributed by atoms with Gasteiger partial charge in [0.15, 0.2) is 0 Å². The van der Waals surface area contributed by atoms with E-state index in [0.29, 0.717) is 5.92 Å². The molecule has 1 atom stereocenters. The molecule has 1 aromatic carbocycles. The molecule has 4 heteroatoms. The lowest BCUT2D eigenvalue weighted by Crippen LogP contribution is -2.17. The van der Waals surface area contributed by atoms with Gasteiger partial charge < -0.3 is 5.32 Å². The Morgan fingerprint density at radius 2 is 1.85 bits per heavy atom. The Morgan fingerprint density at radius 3 is 2.60 bits per heavy atom. The average molecular weight is 283 g/mol. The molecule has 0 bridgehead atoms. The summed E-state index contributed by atoms with van der Waals surface area (Å²) < 4.78 is 1.12. The maximum atomic E-state index is 4.42. The summed E-state index contributed by atoms with van der Waals surface area (Å²) in [6.07, 6.45) is 1.62. The van der Waals surface area contributed by atoms with Gasteiger partial charge in [0.2, 0.25) is 0 Å². The second kappa shape index (κ2) is 5.59. The van der Waals surface area contributed by atoms with Crippen LogP contribution in [0.1, 0.15) is 25.5 Å². The van der Waals surface area contributed by atoms with Gasteiger partial charge in [-0.3, -0.25) is 0 Å². The van der Waals surface area contributed by atoms with Gasteiger partial charge in [0, 0.05) is 0 Å². The number of hydrogen-bond acceptors (Lipinski definition) is 4. The molecule has 0 saturated heterocycles. The van der Waals surface area contributed by atoms with E-state index in [1.165, 1.54) is 5.56 Å². The highest BCUT2D eigenvalue weighted by Crippen LogP contribution is 2.31. The molecule has 3 rings (SSSR count). The van der Waals surface area contributed by atoms with E-state index in [2.05, 4.69) is 58.8 Å². The molecule has 20 heavy (non-hydrogen) atoms. The van der Waals surface area contributed by atoms with Gasteiger partial charge in [-0.1, -0.05) is 44.2 Å². The summed E-state index contributed by atoms with van der Waals surface area (Å²) in [6.45, 7) is 4.44. The van der Waals surface area contributed by atoms with Crippen LogP contribution in [0.15, 0.2) is 48.1 Å². The first kappa shape index (κ1) is 13.1. The van der Waals surface area contributed by atoms with Gasteiger partial charge in [-0.2, -0.15) is 0 Å². The molecular formula is C16H17N3S. The molecule has 0 aliphatic carbocycles. The fourth-order valence-corrected chi connectivity index (χ4v) is 3.13. The molecular weight excluding hydrogens is 266 g/mol. The molecule has 3 nitrogen and oxygen atoms in total. The minimum Gasteiger partial charge on any atom is -0.362 e. The number of aromatic nitrogens is 2. The molecule has 1 N–H and O–H groups in total. The summed E-state index contributed by atoms with van der Waals surface area (Å²) >= 11 is 1.68. The number of nitrogens with one attached hydrogen (secondary N) is 1. The minimum atomic E-state index is 0.247. The zero-order valence-electron chi connectivity index (χ0n) is 11.6. The Morgan fingerprint density at radius 1 is 1.05 bits per heavy atom. The predicted molar refractivity (Wildman–Crippen MR) is 85.1 cm³/mol. The average Bonchev–Trinajstić information content (AvgIpc) is 2.94. The highest BCUT2D eigenvalue weighted by Gasteiger charge is 2.17. The van der Waals surface area contributed by atoms with Crippen LogP contribution in [0.2, 0.25) is 0 Å². The van der Waals surface area contributed by atoms with E-state index in [1.54, 1.807) is 17.7 Å². The smallest absolute Gasteiger partial charge is 0.147 e. The Kier molecular flexibility index (Phi) is 3.65. The monoisotopic (exact) mass is 283 g/mol. The van der Waals surface area contributed by atoms with Crippen molar-refractivity contribution in [3.63, 3.8) is 0 Å². The summed E-state index contributed by atoms with van der Waals surface area (Å²) in [5, 5.41) is 5.64. The van der Waals surface area contributed by atoms with Crippen molar-refractivity contribution in [3.8, 4) is 0 Å². The zero-order valence-corrected chi connectivity index (χ0v) is 12.4. The fraction of sp³-hybridized carbons (Fsp3) is 0.250. The van der Waals surface area contributed by atoms with Crippen LogP contribution in [0, 0.1) is 5.92 Å². The summed E-state index contributed by atoms with van der Waals surface area (Å²) in [5.41, 5.74) is 2.29. The van der Waals surface area contributed by atoms with Crippen LogP contribution >= 0.6 is 11.3 Å². The molecule has 3 aromatic rings. The molecule has 0 spiro atoms. The van der Waals surface area contributed by atoms with Crippen LogP contribution < -0.4 is 5.32 Å². The van der Waals surface area contributed by atoms with Crippen LogP contribution in [0.25, 0.3) is 10.2 Å². The molecule has 0 unspecified atom stereocenters. The summed E-state index contributed by atoms with van der Waals surface area (Å²) in [7, 11) is 0. The summed E-state index contributed by atoms with van der Waals surface area (Å²) in [6, 6.07) is 12.8. The third-order valence-corrected chi connectivity index (χ3v) is 4.27. The van der Waals surface area contributed by atoms with Gasteiger partial charge >= 0.3 is 0 Å². The maximum Gasteiger partial charge on any atom is 0.147 e. The second-order valence-corrected chi connectivity index (χ2v) is 6.05. The first-order chi connectivity index (χ1) is 9.75. The Bertz CT molecular complexity index is 691. The molecule has 2 heterocycles. The van der Waals surface area contributed by atoms with E-state index < -0.39 is 0 Å². The Hall–Kier alpha value is -1.94. The van der Waals surface area contributed by atoms with E-state index in [0.717, 1.165) is 16.0 Å². The van der Waals surface area contributed by atoms with Gasteiger partial charge in [0.1, 0.15) is 12.1 Å². The van der Waals surface area contributed by atoms with Crippen molar-refractivity contribution in [3.05, 3.63) is 53.7 Å². The van der Waals surface area contributed by atoms with Crippen LogP contribution in [0.5, 0.6) is 0 Å². The number of thiophene rings is 1. The topological polar surface area (TPSA) is 37.8 Å². The SMILES string of the molecule is CC(C)[C@@H](Nc1ncnc2ccsc12)c1ccccc1. The van der Waals surface area contributed by atoms with Gasteiger partial charge in [-0.05, 0) is 22.9 Å². The molecule has 2 aromatic heterocycles. The molecule has 0 fully saturated rings. The minimum absolute atomic E-state index is 0.247. The summed E-state index contributed by atoms with van der Waals surface area (Å²) in [4.78, 5) is 8.70. The molecule has 102 valence electrons. The Labute approximate surface area is 122 Å². The largest absolute Gasteiger partial charge is 0.362 e. The van der Waals surface area contributed by atoms with E-state index >= 15 is 0 Å². The number of rotatable bonds is 4. The summed E-state index contributed by atoms with van der Waals surface area (Å²) in [5.74, 6) is 1.40. The first-order valence-corrected chi connectivity index (χ1v) is 7.63. The number of anilines is 1. The van der Waals surface area contributed by atoms with Crippen molar-refractivity contribution in [1.29, 1.82) is 0 Å². The maximum absolute atomic E-state index is 4.42. The lowest BCUT2D eigenvalue weighted by atomic mass is 9.96. The molecule has 0 aliphatic heterocycles. The standard InChI is InChI=1S/C16H17N3S/c1-11(2)14(12-6-4-3-5-7-12)19-16-15-13(8-9-20-15)17-10-18-16/h3-11,14H,1-2H3,(H,17,18,19)/t14-/m1/s1. The lowest BCUT2D eigenvalue weighted by molar-refractivity contribution is 0.545.